The van der Waals surface area contributed by atoms with E-state index in [-0.39, 0.29) is 5.91 Å². The van der Waals surface area contributed by atoms with E-state index >= 15 is 0 Å². The van der Waals surface area contributed by atoms with Crippen LogP contribution in [0.4, 0.5) is 5.82 Å². The number of carbonyl (C=O) groups is 1. The van der Waals surface area contributed by atoms with Gasteiger partial charge in [0, 0.05) is 37.3 Å². The number of anilines is 1. The predicted molar refractivity (Wildman–Crippen MR) is 104 cm³/mol. The largest absolute Gasteiger partial charge is 0.496 e. The number of carbonyl (C=O) groups excluding carboxylic acids is 1. The summed E-state index contributed by atoms with van der Waals surface area (Å²) < 4.78 is 10.8. The monoisotopic (exact) mass is 390 g/mol. The number of halogens is 1. The van der Waals surface area contributed by atoms with Crippen LogP contribution < -0.4 is 14.4 Å². The molecule has 0 atom stereocenters. The standard InChI is InChI=1S/C19H23ClN4O3/c1-4-27-18-12-17(21-13(2)22-18)23-7-9-24(10-8-23)19(25)15-11-14(20)5-6-16(15)26-3/h5-6,11-12H,4,7-10H2,1-3H3. The minimum atomic E-state index is -0.0807. The van der Waals surface area contributed by atoms with Crippen LogP contribution in [-0.2, 0) is 0 Å². The van der Waals surface area contributed by atoms with E-state index in [0.29, 0.717) is 60.8 Å². The van der Waals surface area contributed by atoms with Crippen molar-refractivity contribution in [3.05, 3.63) is 40.7 Å². The molecule has 2 aromatic rings. The van der Waals surface area contributed by atoms with Crippen molar-refractivity contribution in [2.45, 2.75) is 13.8 Å². The van der Waals surface area contributed by atoms with E-state index in [9.17, 15) is 4.79 Å². The van der Waals surface area contributed by atoms with E-state index in [1.54, 1.807) is 25.3 Å². The molecule has 144 valence electrons. The molecule has 0 bridgehead atoms. The van der Waals surface area contributed by atoms with Gasteiger partial charge in [0.05, 0.1) is 19.3 Å². The number of aryl methyl sites for hydroxylation is 1. The van der Waals surface area contributed by atoms with Gasteiger partial charge in [0.2, 0.25) is 5.88 Å². The van der Waals surface area contributed by atoms with E-state index in [1.807, 2.05) is 24.8 Å². The first-order valence-corrected chi connectivity index (χ1v) is 9.26. The lowest BCUT2D eigenvalue weighted by atomic mass is 10.1. The number of ether oxygens (including phenoxy) is 2. The molecule has 0 saturated carbocycles. The molecule has 1 saturated heterocycles. The van der Waals surface area contributed by atoms with Crippen LogP contribution in [0.15, 0.2) is 24.3 Å². The molecule has 3 rings (SSSR count). The number of aromatic nitrogens is 2. The number of piperazine rings is 1. The van der Waals surface area contributed by atoms with Gasteiger partial charge in [0.25, 0.3) is 5.91 Å². The summed E-state index contributed by atoms with van der Waals surface area (Å²) in [6.07, 6.45) is 0. The Morgan fingerprint density at radius 3 is 2.59 bits per heavy atom. The lowest BCUT2D eigenvalue weighted by Gasteiger charge is -2.35. The van der Waals surface area contributed by atoms with Gasteiger partial charge in [-0.25, -0.2) is 4.98 Å². The molecule has 27 heavy (non-hydrogen) atoms. The molecule has 0 aliphatic carbocycles. The second-order valence-electron chi connectivity index (χ2n) is 6.17. The fourth-order valence-electron chi connectivity index (χ4n) is 3.07. The SMILES string of the molecule is CCOc1cc(N2CCN(C(=O)c3cc(Cl)ccc3OC)CC2)nc(C)n1. The van der Waals surface area contributed by atoms with E-state index in [2.05, 4.69) is 14.9 Å². The van der Waals surface area contributed by atoms with Crippen molar-refractivity contribution in [1.82, 2.24) is 14.9 Å². The van der Waals surface area contributed by atoms with E-state index in [0.717, 1.165) is 5.82 Å². The molecular weight excluding hydrogens is 368 g/mol. The smallest absolute Gasteiger partial charge is 0.257 e. The van der Waals surface area contributed by atoms with Crippen LogP contribution in [0.25, 0.3) is 0 Å². The van der Waals surface area contributed by atoms with Crippen molar-refractivity contribution < 1.29 is 14.3 Å². The van der Waals surface area contributed by atoms with Crippen LogP contribution in [0.1, 0.15) is 23.1 Å². The highest BCUT2D eigenvalue weighted by Gasteiger charge is 2.25. The number of benzene rings is 1. The fourth-order valence-corrected chi connectivity index (χ4v) is 3.24. The van der Waals surface area contributed by atoms with Crippen molar-refractivity contribution >= 4 is 23.3 Å². The Morgan fingerprint density at radius 2 is 1.93 bits per heavy atom. The van der Waals surface area contributed by atoms with Crippen LogP contribution in [0, 0.1) is 6.92 Å². The van der Waals surface area contributed by atoms with E-state index < -0.39 is 0 Å². The summed E-state index contributed by atoms with van der Waals surface area (Å²) in [5.74, 6) is 2.50. The molecule has 1 aromatic heterocycles. The first-order chi connectivity index (χ1) is 13.0. The summed E-state index contributed by atoms with van der Waals surface area (Å²) in [6.45, 7) is 6.85. The summed E-state index contributed by atoms with van der Waals surface area (Å²) in [7, 11) is 1.55. The third-order valence-electron chi connectivity index (χ3n) is 4.38. The Morgan fingerprint density at radius 1 is 1.19 bits per heavy atom. The molecule has 2 heterocycles. The van der Waals surface area contributed by atoms with Crippen LogP contribution in [0.5, 0.6) is 11.6 Å². The minimum Gasteiger partial charge on any atom is -0.496 e. The van der Waals surface area contributed by atoms with Gasteiger partial charge >= 0.3 is 0 Å². The molecule has 7 nitrogen and oxygen atoms in total. The summed E-state index contributed by atoms with van der Waals surface area (Å²) in [4.78, 5) is 25.6. The summed E-state index contributed by atoms with van der Waals surface area (Å²) >= 11 is 6.05. The molecule has 1 fully saturated rings. The zero-order valence-electron chi connectivity index (χ0n) is 15.7. The highest BCUT2D eigenvalue weighted by molar-refractivity contribution is 6.31. The zero-order valence-corrected chi connectivity index (χ0v) is 16.5. The second kappa shape index (κ2) is 8.43. The lowest BCUT2D eigenvalue weighted by Crippen LogP contribution is -2.49. The number of nitrogens with zero attached hydrogens (tertiary/aromatic N) is 4. The maximum atomic E-state index is 12.9. The second-order valence-corrected chi connectivity index (χ2v) is 6.60. The van der Waals surface area contributed by atoms with Gasteiger partial charge in [-0.2, -0.15) is 4.98 Å². The minimum absolute atomic E-state index is 0.0807. The van der Waals surface area contributed by atoms with Gasteiger partial charge in [-0.1, -0.05) is 11.6 Å². The normalized spacial score (nSPS) is 14.2. The molecule has 1 amide bonds. The molecule has 0 radical (unpaired) electrons. The van der Waals surface area contributed by atoms with Crippen molar-refractivity contribution in [2.24, 2.45) is 0 Å². The zero-order chi connectivity index (χ0) is 19.4. The van der Waals surface area contributed by atoms with Gasteiger partial charge in [0.1, 0.15) is 17.4 Å². The molecule has 0 unspecified atom stereocenters. The molecular formula is C19H23ClN4O3. The highest BCUT2D eigenvalue weighted by Crippen LogP contribution is 2.25. The number of methoxy groups -OCH3 is 1. The van der Waals surface area contributed by atoms with Gasteiger partial charge in [-0.05, 0) is 32.0 Å². The van der Waals surface area contributed by atoms with E-state index in [1.165, 1.54) is 0 Å². The molecule has 8 heteroatoms. The topological polar surface area (TPSA) is 67.8 Å². The van der Waals surface area contributed by atoms with Gasteiger partial charge in [-0.15, -0.1) is 0 Å². The Bertz CT molecular complexity index is 823. The van der Waals surface area contributed by atoms with Crippen LogP contribution in [0.2, 0.25) is 5.02 Å². The van der Waals surface area contributed by atoms with Gasteiger partial charge < -0.3 is 19.3 Å². The Labute approximate surface area is 163 Å². The summed E-state index contributed by atoms with van der Waals surface area (Å²) in [5, 5.41) is 0.512. The van der Waals surface area contributed by atoms with E-state index in [4.69, 9.17) is 21.1 Å². The molecule has 0 N–H and O–H groups in total. The third kappa shape index (κ3) is 4.42. The number of rotatable bonds is 5. The molecule has 1 aromatic carbocycles. The van der Waals surface area contributed by atoms with Crippen LogP contribution >= 0.6 is 11.6 Å². The average molecular weight is 391 g/mol. The number of amides is 1. The molecule has 1 aliphatic rings. The third-order valence-corrected chi connectivity index (χ3v) is 4.61. The Balaban J connectivity index is 1.70. The maximum absolute atomic E-state index is 12.9. The van der Waals surface area contributed by atoms with Crippen molar-refractivity contribution in [2.75, 3.05) is 44.8 Å². The number of hydrogen-bond donors (Lipinski definition) is 0. The first kappa shape index (κ1) is 19.2. The quantitative estimate of drug-likeness (QED) is 0.782. The van der Waals surface area contributed by atoms with Gasteiger partial charge in [0.15, 0.2) is 0 Å². The maximum Gasteiger partial charge on any atom is 0.257 e. The van der Waals surface area contributed by atoms with Crippen LogP contribution in [-0.4, -0.2) is 60.7 Å². The average Bonchev–Trinajstić information content (AvgIpc) is 2.67. The van der Waals surface area contributed by atoms with Gasteiger partial charge in [-0.3, -0.25) is 4.79 Å². The lowest BCUT2D eigenvalue weighted by molar-refractivity contribution is 0.0743. The molecule has 1 aliphatic heterocycles. The fraction of sp³-hybridized carbons (Fsp3) is 0.421. The summed E-state index contributed by atoms with van der Waals surface area (Å²) in [5.41, 5.74) is 0.481. The van der Waals surface area contributed by atoms with Crippen LogP contribution in [0.3, 0.4) is 0 Å². The summed E-state index contributed by atoms with van der Waals surface area (Å²) in [6, 6.07) is 6.92. The van der Waals surface area contributed by atoms with Crippen molar-refractivity contribution in [1.29, 1.82) is 0 Å². The highest BCUT2D eigenvalue weighted by atomic mass is 35.5. The van der Waals surface area contributed by atoms with Crippen molar-refractivity contribution in [3.8, 4) is 11.6 Å². The van der Waals surface area contributed by atoms with Crippen molar-refractivity contribution in [3.63, 3.8) is 0 Å². The number of hydrogen-bond acceptors (Lipinski definition) is 6. The Hall–Kier alpha value is -2.54. The first-order valence-electron chi connectivity index (χ1n) is 8.88. The Kier molecular flexibility index (Phi) is 6.01. The predicted octanol–water partition coefficient (Wildman–Crippen LogP) is 2.81. The molecule has 0 spiro atoms.